The van der Waals surface area contributed by atoms with E-state index in [4.69, 9.17) is 14.2 Å². The molecule has 0 aromatic heterocycles. The van der Waals surface area contributed by atoms with E-state index in [1.54, 1.807) is 27.7 Å². The monoisotopic (exact) mass is 292 g/mol. The molecule has 7 heteroatoms. The Morgan fingerprint density at radius 2 is 1.80 bits per heavy atom. The van der Waals surface area contributed by atoms with E-state index in [-0.39, 0.29) is 6.10 Å². The molecule has 1 heterocycles. The first-order valence-electron chi connectivity index (χ1n) is 6.56. The Hall–Kier alpha value is -0.730. The summed E-state index contributed by atoms with van der Waals surface area (Å²) >= 11 is 0. The minimum absolute atomic E-state index is 0.306. The van der Waals surface area contributed by atoms with E-state index < -0.39 is 42.1 Å². The van der Waals surface area contributed by atoms with Crippen LogP contribution in [0.5, 0.6) is 0 Å². The van der Waals surface area contributed by atoms with E-state index >= 15 is 0 Å². The second-order valence-corrected chi connectivity index (χ2v) is 5.75. The molecule has 20 heavy (non-hydrogen) atoms. The van der Waals surface area contributed by atoms with Gasteiger partial charge in [0.05, 0.1) is 11.7 Å². The van der Waals surface area contributed by atoms with Gasteiger partial charge in [-0.05, 0) is 27.7 Å². The van der Waals surface area contributed by atoms with Crippen LogP contribution >= 0.6 is 0 Å². The van der Waals surface area contributed by atoms with Crippen molar-refractivity contribution in [3.8, 4) is 0 Å². The van der Waals surface area contributed by atoms with E-state index in [9.17, 15) is 20.1 Å². The maximum atomic E-state index is 11.3. The highest BCUT2D eigenvalue weighted by molar-refractivity contribution is 5.73. The van der Waals surface area contributed by atoms with Gasteiger partial charge in [0.15, 0.2) is 6.10 Å². The molecule has 1 saturated heterocycles. The number of aliphatic hydroxyl groups is 2. The Labute approximate surface area is 118 Å². The number of hydrogen-bond acceptors (Lipinski definition) is 6. The van der Waals surface area contributed by atoms with Crippen molar-refractivity contribution in [3.05, 3.63) is 0 Å². The van der Waals surface area contributed by atoms with Crippen molar-refractivity contribution < 1.29 is 34.3 Å². The molecule has 5 atom stereocenters. The van der Waals surface area contributed by atoms with Gasteiger partial charge in [-0.25, -0.2) is 4.79 Å². The molecule has 0 aromatic rings. The van der Waals surface area contributed by atoms with Gasteiger partial charge in [-0.1, -0.05) is 0 Å². The Morgan fingerprint density at radius 1 is 1.25 bits per heavy atom. The summed E-state index contributed by atoms with van der Waals surface area (Å²) in [6, 6.07) is 0. The molecule has 1 aliphatic rings. The van der Waals surface area contributed by atoms with Gasteiger partial charge in [-0.3, -0.25) is 0 Å². The zero-order chi connectivity index (χ0) is 15.7. The molecule has 0 bridgehead atoms. The number of carbonyl (C=O) groups is 1. The number of rotatable bonds is 5. The topological polar surface area (TPSA) is 105 Å². The van der Waals surface area contributed by atoms with Gasteiger partial charge in [-0.2, -0.15) is 0 Å². The largest absolute Gasteiger partial charge is 0.479 e. The minimum Gasteiger partial charge on any atom is -0.479 e. The highest BCUT2D eigenvalue weighted by atomic mass is 16.6. The summed E-state index contributed by atoms with van der Waals surface area (Å²) in [6.07, 6.45) is -6.45. The molecule has 0 radical (unpaired) electrons. The van der Waals surface area contributed by atoms with Gasteiger partial charge >= 0.3 is 5.97 Å². The van der Waals surface area contributed by atoms with E-state index in [2.05, 4.69) is 0 Å². The second-order valence-electron chi connectivity index (χ2n) is 5.75. The van der Waals surface area contributed by atoms with Crippen LogP contribution in [0.3, 0.4) is 0 Å². The van der Waals surface area contributed by atoms with Crippen molar-refractivity contribution in [3.63, 3.8) is 0 Å². The predicted octanol–water partition coefficient (Wildman–Crippen LogP) is -0.221. The minimum atomic E-state index is -1.37. The summed E-state index contributed by atoms with van der Waals surface area (Å²) in [4.78, 5) is 11.3. The summed E-state index contributed by atoms with van der Waals surface area (Å²) in [5.41, 5.74) is -0.948. The standard InChI is InChI=1S/C13H24O7/c1-6(2)19-9-7(14)8(15)11(13(3,4)18-5)20-10(9)12(16)17/h6-11,14-15H,1-5H3,(H,16,17)/t7?,8?,9-,10?,11?/m0/s1. The molecule has 0 saturated carbocycles. The first kappa shape index (κ1) is 17.3. The van der Waals surface area contributed by atoms with Crippen LogP contribution < -0.4 is 0 Å². The molecule has 0 aliphatic carbocycles. The quantitative estimate of drug-likeness (QED) is 0.643. The van der Waals surface area contributed by atoms with E-state index in [0.29, 0.717) is 0 Å². The molecular weight excluding hydrogens is 268 g/mol. The van der Waals surface area contributed by atoms with E-state index in [0.717, 1.165) is 0 Å². The first-order valence-corrected chi connectivity index (χ1v) is 6.56. The van der Waals surface area contributed by atoms with Crippen molar-refractivity contribution in [2.24, 2.45) is 0 Å². The molecule has 0 amide bonds. The van der Waals surface area contributed by atoms with Crippen molar-refractivity contribution in [1.29, 1.82) is 0 Å². The Balaban J connectivity index is 3.03. The molecular formula is C13H24O7. The maximum absolute atomic E-state index is 11.3. The lowest BCUT2D eigenvalue weighted by Gasteiger charge is -2.46. The number of carboxylic acid groups (broad SMARTS) is 1. The fourth-order valence-electron chi connectivity index (χ4n) is 2.22. The van der Waals surface area contributed by atoms with Crippen LogP contribution in [0.1, 0.15) is 27.7 Å². The third-order valence-electron chi connectivity index (χ3n) is 3.47. The normalized spacial score (nSPS) is 35.3. The summed E-state index contributed by atoms with van der Waals surface area (Å²) in [5.74, 6) is -1.25. The fraction of sp³-hybridized carbons (Fsp3) is 0.923. The lowest BCUT2D eigenvalue weighted by molar-refractivity contribution is -0.274. The fourth-order valence-corrected chi connectivity index (χ4v) is 2.22. The Kier molecular flexibility index (Phi) is 5.51. The average Bonchev–Trinajstić information content (AvgIpc) is 2.34. The summed E-state index contributed by atoms with van der Waals surface area (Å²) in [7, 11) is 1.43. The van der Waals surface area contributed by atoms with Crippen molar-refractivity contribution >= 4 is 5.97 Å². The third kappa shape index (κ3) is 3.48. The summed E-state index contributed by atoms with van der Waals surface area (Å²) in [6.45, 7) is 6.72. The average molecular weight is 292 g/mol. The van der Waals surface area contributed by atoms with Crippen LogP contribution in [0.15, 0.2) is 0 Å². The number of carboxylic acids is 1. The summed E-state index contributed by atoms with van der Waals surface area (Å²) in [5, 5.41) is 29.6. The summed E-state index contributed by atoms with van der Waals surface area (Å²) < 4.78 is 16.0. The third-order valence-corrected chi connectivity index (χ3v) is 3.47. The Bertz CT molecular complexity index is 342. The van der Waals surface area contributed by atoms with Crippen molar-refractivity contribution in [2.45, 2.75) is 69.9 Å². The zero-order valence-corrected chi connectivity index (χ0v) is 12.4. The number of aliphatic carboxylic acids is 1. The highest BCUT2D eigenvalue weighted by Crippen LogP contribution is 2.31. The SMILES string of the molecule is COC(C)(C)C1OC(C(=O)O)[C@@H](OC(C)C)C(O)C1O. The van der Waals surface area contributed by atoms with Gasteiger partial charge < -0.3 is 29.5 Å². The van der Waals surface area contributed by atoms with E-state index in [1.807, 2.05) is 0 Å². The van der Waals surface area contributed by atoms with Crippen LogP contribution in [-0.4, -0.2) is 70.6 Å². The molecule has 0 spiro atoms. The molecule has 1 rings (SSSR count). The zero-order valence-electron chi connectivity index (χ0n) is 12.4. The second kappa shape index (κ2) is 6.36. The molecule has 7 nitrogen and oxygen atoms in total. The van der Waals surface area contributed by atoms with Crippen molar-refractivity contribution in [2.75, 3.05) is 7.11 Å². The number of hydrogen-bond donors (Lipinski definition) is 3. The molecule has 1 fully saturated rings. The predicted molar refractivity (Wildman–Crippen MR) is 69.4 cm³/mol. The van der Waals surface area contributed by atoms with Crippen LogP contribution in [0.25, 0.3) is 0 Å². The van der Waals surface area contributed by atoms with Crippen LogP contribution in [0, 0.1) is 0 Å². The number of ether oxygens (including phenoxy) is 3. The van der Waals surface area contributed by atoms with Crippen molar-refractivity contribution in [1.82, 2.24) is 0 Å². The lowest BCUT2D eigenvalue weighted by Crippen LogP contribution is -2.65. The van der Waals surface area contributed by atoms with Gasteiger partial charge in [0, 0.05) is 7.11 Å². The van der Waals surface area contributed by atoms with Gasteiger partial charge in [0.1, 0.15) is 24.4 Å². The molecule has 3 N–H and O–H groups in total. The smallest absolute Gasteiger partial charge is 0.335 e. The van der Waals surface area contributed by atoms with Crippen LogP contribution in [-0.2, 0) is 19.0 Å². The van der Waals surface area contributed by atoms with Crippen LogP contribution in [0.4, 0.5) is 0 Å². The van der Waals surface area contributed by atoms with Crippen LogP contribution in [0.2, 0.25) is 0 Å². The number of aliphatic hydroxyl groups excluding tert-OH is 2. The first-order chi connectivity index (χ1) is 9.11. The van der Waals surface area contributed by atoms with E-state index in [1.165, 1.54) is 7.11 Å². The molecule has 4 unspecified atom stereocenters. The van der Waals surface area contributed by atoms with Gasteiger partial charge in [-0.15, -0.1) is 0 Å². The Morgan fingerprint density at radius 3 is 2.20 bits per heavy atom. The number of methoxy groups -OCH3 is 1. The molecule has 0 aromatic carbocycles. The lowest BCUT2D eigenvalue weighted by atomic mass is 9.86. The van der Waals surface area contributed by atoms with Gasteiger partial charge in [0.25, 0.3) is 0 Å². The van der Waals surface area contributed by atoms with Gasteiger partial charge in [0.2, 0.25) is 0 Å². The molecule has 118 valence electrons. The highest BCUT2D eigenvalue weighted by Gasteiger charge is 2.53. The molecule has 1 aliphatic heterocycles. The maximum Gasteiger partial charge on any atom is 0.335 e.